The minimum atomic E-state index is -3.98. The molecule has 1 aliphatic rings. The van der Waals surface area contributed by atoms with Crippen LogP contribution in [0.1, 0.15) is 56.3 Å². The molecule has 1 fully saturated rings. The fraction of sp³-hybridized carbons (Fsp3) is 0.379. The summed E-state index contributed by atoms with van der Waals surface area (Å²) in [4.78, 5) is 0. The largest absolute Gasteiger partial charge is 0.432 e. The van der Waals surface area contributed by atoms with Crippen LogP contribution in [0, 0.1) is 35.0 Å². The maximum absolute atomic E-state index is 14.9. The maximum Gasteiger partial charge on any atom is 0.398 e. The molecule has 1 aliphatic heterocycles. The Morgan fingerprint density at radius 2 is 1.55 bits per heavy atom. The minimum absolute atomic E-state index is 0.0226. The molecule has 204 valence electrons. The lowest BCUT2D eigenvalue weighted by atomic mass is 9.91. The summed E-state index contributed by atoms with van der Waals surface area (Å²) in [5.41, 5.74) is 1.03. The molecule has 1 heterocycles. The van der Waals surface area contributed by atoms with E-state index in [-0.39, 0.29) is 29.4 Å². The molecular formula is C29H27F7O2. The molecule has 9 heteroatoms. The lowest BCUT2D eigenvalue weighted by molar-refractivity contribution is -0.180. The van der Waals surface area contributed by atoms with Crippen LogP contribution in [0.5, 0.6) is 5.75 Å². The second kappa shape index (κ2) is 11.8. The third-order valence-electron chi connectivity index (χ3n) is 6.73. The van der Waals surface area contributed by atoms with Crippen LogP contribution in [0.15, 0.2) is 48.5 Å². The summed E-state index contributed by atoms with van der Waals surface area (Å²) < 4.78 is 108. The molecule has 0 aromatic heterocycles. The first-order valence-electron chi connectivity index (χ1n) is 12.5. The standard InChI is InChI=1S/C29H27F7O2/c1-2-3-17-4-11-25(37-16-17)19-7-5-18(6-8-19)22-10-9-20(26(32)27(22)33)12-13-29(35,36)38-21-14-23(30)28(34)24(31)15-21/h5-10,14-15,17,25H,2-4,11-13,16H2,1H3. The van der Waals surface area contributed by atoms with E-state index in [1.807, 2.05) is 12.1 Å². The van der Waals surface area contributed by atoms with Crippen molar-refractivity contribution in [1.29, 1.82) is 0 Å². The first kappa shape index (κ1) is 28.0. The molecule has 0 radical (unpaired) electrons. The average molecular weight is 541 g/mol. The molecule has 0 spiro atoms. The van der Waals surface area contributed by atoms with Crippen LogP contribution in [-0.4, -0.2) is 12.7 Å². The summed E-state index contributed by atoms with van der Waals surface area (Å²) in [7, 11) is 0. The molecule has 2 atom stereocenters. The molecule has 4 rings (SSSR count). The van der Waals surface area contributed by atoms with E-state index in [4.69, 9.17) is 4.74 Å². The van der Waals surface area contributed by atoms with E-state index in [0.29, 0.717) is 18.1 Å². The number of hydrogen-bond donors (Lipinski definition) is 0. The van der Waals surface area contributed by atoms with E-state index < -0.39 is 53.8 Å². The number of rotatable bonds is 9. The van der Waals surface area contributed by atoms with Crippen molar-refractivity contribution in [3.8, 4) is 16.9 Å². The highest BCUT2D eigenvalue weighted by Crippen LogP contribution is 2.35. The predicted octanol–water partition coefficient (Wildman–Crippen LogP) is 8.92. The topological polar surface area (TPSA) is 18.5 Å². The van der Waals surface area contributed by atoms with Gasteiger partial charge in [-0.2, -0.15) is 8.78 Å². The number of alkyl halides is 2. The highest BCUT2D eigenvalue weighted by Gasteiger charge is 2.33. The van der Waals surface area contributed by atoms with Gasteiger partial charge in [-0.15, -0.1) is 0 Å². The molecule has 2 nitrogen and oxygen atoms in total. The van der Waals surface area contributed by atoms with Crippen LogP contribution in [0.3, 0.4) is 0 Å². The van der Waals surface area contributed by atoms with Crippen molar-refractivity contribution < 1.29 is 40.2 Å². The van der Waals surface area contributed by atoms with Crippen molar-refractivity contribution >= 4 is 0 Å². The molecule has 0 aliphatic carbocycles. The molecule has 0 bridgehead atoms. The van der Waals surface area contributed by atoms with Gasteiger partial charge in [-0.1, -0.05) is 49.7 Å². The zero-order chi connectivity index (χ0) is 27.4. The Balaban J connectivity index is 1.41. The lowest BCUT2D eigenvalue weighted by Crippen LogP contribution is -2.26. The Morgan fingerprint density at radius 3 is 2.16 bits per heavy atom. The molecule has 3 aromatic rings. The molecule has 2 unspecified atom stereocenters. The summed E-state index contributed by atoms with van der Waals surface area (Å²) in [6.45, 7) is 2.84. The van der Waals surface area contributed by atoms with Crippen LogP contribution >= 0.6 is 0 Å². The van der Waals surface area contributed by atoms with Crippen LogP contribution in [-0.2, 0) is 11.2 Å². The van der Waals surface area contributed by atoms with Crippen LogP contribution < -0.4 is 4.74 Å². The van der Waals surface area contributed by atoms with Crippen LogP contribution in [0.2, 0.25) is 0 Å². The summed E-state index contributed by atoms with van der Waals surface area (Å²) in [6, 6.07) is 10.0. The third-order valence-corrected chi connectivity index (χ3v) is 6.73. The Bertz CT molecular complexity index is 1230. The Hall–Kier alpha value is -3.07. The van der Waals surface area contributed by atoms with Crippen LogP contribution in [0.25, 0.3) is 11.1 Å². The van der Waals surface area contributed by atoms with Crippen molar-refractivity contribution in [1.82, 2.24) is 0 Å². The first-order chi connectivity index (χ1) is 18.1. The van der Waals surface area contributed by atoms with E-state index in [1.165, 1.54) is 12.1 Å². The lowest BCUT2D eigenvalue weighted by Gasteiger charge is -2.29. The summed E-state index contributed by atoms with van der Waals surface area (Å²) in [6.07, 6.45) is -1.56. The van der Waals surface area contributed by atoms with E-state index in [0.717, 1.165) is 31.2 Å². The van der Waals surface area contributed by atoms with Gasteiger partial charge in [0.2, 0.25) is 0 Å². The van der Waals surface area contributed by atoms with Crippen molar-refractivity contribution in [2.75, 3.05) is 6.61 Å². The SMILES string of the molecule is CCCC1CCC(c2ccc(-c3ccc(CCC(F)(F)Oc4cc(F)c(F)c(F)c4)c(F)c3F)cc2)OC1. The van der Waals surface area contributed by atoms with Gasteiger partial charge in [-0.25, -0.2) is 22.0 Å². The summed E-state index contributed by atoms with van der Waals surface area (Å²) in [5, 5.41) is 0. The molecule has 38 heavy (non-hydrogen) atoms. The van der Waals surface area contributed by atoms with Crippen molar-refractivity contribution in [3.63, 3.8) is 0 Å². The quantitative estimate of drug-likeness (QED) is 0.199. The van der Waals surface area contributed by atoms with Gasteiger partial charge in [0, 0.05) is 17.7 Å². The highest BCUT2D eigenvalue weighted by molar-refractivity contribution is 5.65. The van der Waals surface area contributed by atoms with Gasteiger partial charge in [0.1, 0.15) is 5.75 Å². The normalized spacial score (nSPS) is 18.0. The van der Waals surface area contributed by atoms with Crippen molar-refractivity contribution in [3.05, 3.63) is 88.7 Å². The molecule has 0 saturated carbocycles. The second-order valence-electron chi connectivity index (χ2n) is 9.52. The number of aryl methyl sites for hydroxylation is 1. The Labute approximate surface area is 216 Å². The van der Waals surface area contributed by atoms with Gasteiger partial charge in [0.25, 0.3) is 0 Å². The fourth-order valence-electron chi connectivity index (χ4n) is 4.68. The fourth-order valence-corrected chi connectivity index (χ4v) is 4.68. The summed E-state index contributed by atoms with van der Waals surface area (Å²) in [5.74, 6) is -8.05. The Morgan fingerprint density at radius 1 is 0.868 bits per heavy atom. The Kier molecular flexibility index (Phi) is 8.65. The monoisotopic (exact) mass is 540 g/mol. The molecule has 3 aromatic carbocycles. The predicted molar refractivity (Wildman–Crippen MR) is 128 cm³/mol. The van der Waals surface area contributed by atoms with Crippen molar-refractivity contribution in [2.45, 2.75) is 57.7 Å². The van der Waals surface area contributed by atoms with Gasteiger partial charge in [0.15, 0.2) is 29.1 Å². The highest BCUT2D eigenvalue weighted by atomic mass is 19.3. The first-order valence-corrected chi connectivity index (χ1v) is 12.5. The van der Waals surface area contributed by atoms with Crippen molar-refractivity contribution in [2.24, 2.45) is 5.92 Å². The van der Waals surface area contributed by atoms with Gasteiger partial charge in [0.05, 0.1) is 19.1 Å². The smallest absolute Gasteiger partial charge is 0.398 e. The van der Waals surface area contributed by atoms with Gasteiger partial charge in [-0.3, -0.25) is 0 Å². The molecule has 0 amide bonds. The molecule has 1 saturated heterocycles. The molecule has 0 N–H and O–H groups in total. The zero-order valence-corrected chi connectivity index (χ0v) is 20.7. The molecular weight excluding hydrogens is 513 g/mol. The number of hydrogen-bond acceptors (Lipinski definition) is 2. The van der Waals surface area contributed by atoms with Gasteiger partial charge >= 0.3 is 6.11 Å². The van der Waals surface area contributed by atoms with E-state index in [9.17, 15) is 30.7 Å². The minimum Gasteiger partial charge on any atom is -0.432 e. The van der Waals surface area contributed by atoms with Crippen LogP contribution in [0.4, 0.5) is 30.7 Å². The van der Waals surface area contributed by atoms with Gasteiger partial charge < -0.3 is 9.47 Å². The van der Waals surface area contributed by atoms with Gasteiger partial charge in [-0.05, 0) is 48.3 Å². The maximum atomic E-state index is 14.9. The zero-order valence-electron chi connectivity index (χ0n) is 20.7. The third kappa shape index (κ3) is 6.49. The summed E-state index contributed by atoms with van der Waals surface area (Å²) >= 11 is 0. The number of ether oxygens (including phenoxy) is 2. The second-order valence-corrected chi connectivity index (χ2v) is 9.52. The van der Waals surface area contributed by atoms with E-state index in [2.05, 4.69) is 11.7 Å². The number of benzene rings is 3. The number of halogens is 7. The average Bonchev–Trinajstić information content (AvgIpc) is 2.89. The van der Waals surface area contributed by atoms with E-state index in [1.54, 1.807) is 12.1 Å². The van der Waals surface area contributed by atoms with E-state index >= 15 is 0 Å².